The van der Waals surface area contributed by atoms with Crippen LogP contribution in [-0.2, 0) is 14.4 Å². The molecule has 7 heteroatoms. The van der Waals surface area contributed by atoms with Gasteiger partial charge in [-0.25, -0.2) is 0 Å². The number of carbonyl (C=O) groups is 3. The molecule has 1 aliphatic heterocycles. The Hall–Kier alpha value is -1.24. The van der Waals surface area contributed by atoms with E-state index < -0.39 is 24.0 Å². The van der Waals surface area contributed by atoms with E-state index in [2.05, 4.69) is 17.9 Å². The lowest BCUT2D eigenvalue weighted by Gasteiger charge is -2.24. The third-order valence-corrected chi connectivity index (χ3v) is 3.15. The summed E-state index contributed by atoms with van der Waals surface area (Å²) >= 11 is 3.99. The largest absolute Gasteiger partial charge is 0.480 e. The van der Waals surface area contributed by atoms with E-state index in [1.807, 2.05) is 0 Å². The molecule has 0 aliphatic carbocycles. The van der Waals surface area contributed by atoms with E-state index in [0.717, 1.165) is 6.42 Å². The molecule has 0 bridgehead atoms. The maximum atomic E-state index is 11.9. The number of likely N-dealkylation sites (tertiary alicyclic amines) is 1. The fourth-order valence-corrected chi connectivity index (χ4v) is 2.14. The fourth-order valence-electron chi connectivity index (χ4n) is 1.95. The van der Waals surface area contributed by atoms with Crippen LogP contribution in [0.4, 0.5) is 0 Å². The molecule has 102 valence electrons. The molecule has 0 radical (unpaired) electrons. The van der Waals surface area contributed by atoms with E-state index in [4.69, 9.17) is 5.11 Å². The number of carboxylic acids is 1. The molecule has 2 atom stereocenters. The van der Waals surface area contributed by atoms with Crippen molar-refractivity contribution in [2.45, 2.75) is 38.3 Å². The summed E-state index contributed by atoms with van der Waals surface area (Å²) in [5.41, 5.74) is 0. The molecule has 2 N–H and O–H groups in total. The first kappa shape index (κ1) is 14.8. The molecule has 18 heavy (non-hydrogen) atoms. The van der Waals surface area contributed by atoms with Crippen LogP contribution in [-0.4, -0.2) is 52.2 Å². The summed E-state index contributed by atoms with van der Waals surface area (Å²) in [5.74, 6) is -1.15. The van der Waals surface area contributed by atoms with Gasteiger partial charge in [-0.3, -0.25) is 14.4 Å². The number of nitrogens with zero attached hydrogens (tertiary/aromatic N) is 1. The highest BCUT2D eigenvalue weighted by atomic mass is 32.1. The number of hydrogen-bond acceptors (Lipinski definition) is 4. The Bertz CT molecular complexity index is 348. The maximum absolute atomic E-state index is 11.9. The summed E-state index contributed by atoms with van der Waals surface area (Å²) in [4.78, 5) is 35.8. The predicted octanol–water partition coefficient (Wildman–Crippen LogP) is -0.113. The highest BCUT2D eigenvalue weighted by Gasteiger charge is 2.34. The number of nitrogens with one attached hydrogen (secondary N) is 1. The van der Waals surface area contributed by atoms with Crippen LogP contribution >= 0.6 is 12.6 Å². The first-order valence-electron chi connectivity index (χ1n) is 5.91. The van der Waals surface area contributed by atoms with Crippen molar-refractivity contribution in [3.63, 3.8) is 0 Å². The summed E-state index contributed by atoms with van der Waals surface area (Å²) in [5, 5.41) is 11.1. The molecule has 6 nitrogen and oxygen atoms in total. The van der Waals surface area contributed by atoms with Crippen LogP contribution in [0.5, 0.6) is 0 Å². The topological polar surface area (TPSA) is 86.7 Å². The number of rotatable bonds is 5. The van der Waals surface area contributed by atoms with Crippen LogP contribution in [0.15, 0.2) is 0 Å². The van der Waals surface area contributed by atoms with Gasteiger partial charge in [0.05, 0.1) is 0 Å². The summed E-state index contributed by atoms with van der Waals surface area (Å²) in [6, 6.07) is -1.49. The number of carbonyl (C=O) groups excluding carboxylic acids is 2. The van der Waals surface area contributed by atoms with Gasteiger partial charge in [0.1, 0.15) is 12.1 Å². The van der Waals surface area contributed by atoms with Gasteiger partial charge >= 0.3 is 5.97 Å². The second-order valence-electron chi connectivity index (χ2n) is 4.29. The van der Waals surface area contributed by atoms with Crippen LogP contribution in [0.3, 0.4) is 0 Å². The Morgan fingerprint density at radius 1 is 1.50 bits per heavy atom. The smallest absolute Gasteiger partial charge is 0.325 e. The lowest BCUT2D eigenvalue weighted by Crippen LogP contribution is -2.50. The van der Waals surface area contributed by atoms with Crippen molar-refractivity contribution in [1.82, 2.24) is 10.2 Å². The molecule has 1 rings (SSSR count). The Balaban J connectivity index is 2.61. The second-order valence-corrected chi connectivity index (χ2v) is 4.73. The molecule has 0 aromatic carbocycles. The molecular weight excluding hydrogens is 256 g/mol. The van der Waals surface area contributed by atoms with Gasteiger partial charge in [-0.2, -0.15) is 12.6 Å². The van der Waals surface area contributed by atoms with Gasteiger partial charge in [0.25, 0.3) is 0 Å². The van der Waals surface area contributed by atoms with E-state index in [9.17, 15) is 14.4 Å². The Labute approximate surface area is 111 Å². The van der Waals surface area contributed by atoms with Crippen molar-refractivity contribution >= 4 is 30.4 Å². The SMILES string of the molecule is C[C@H](NC(=O)[C@@H]1CCCN1C(=O)CCS)C(=O)O. The molecular formula is C11H18N2O4S. The van der Waals surface area contributed by atoms with Gasteiger partial charge in [-0.1, -0.05) is 0 Å². The van der Waals surface area contributed by atoms with Gasteiger partial charge in [-0.15, -0.1) is 0 Å². The zero-order chi connectivity index (χ0) is 13.7. The first-order chi connectivity index (χ1) is 8.47. The Morgan fingerprint density at radius 3 is 2.72 bits per heavy atom. The lowest BCUT2D eigenvalue weighted by atomic mass is 10.2. The first-order valence-corrected chi connectivity index (χ1v) is 6.54. The van der Waals surface area contributed by atoms with Gasteiger partial charge in [0.2, 0.25) is 11.8 Å². The third-order valence-electron chi connectivity index (χ3n) is 2.93. The number of aliphatic carboxylic acids is 1. The number of carboxylic acid groups (broad SMARTS) is 1. The van der Waals surface area contributed by atoms with Gasteiger partial charge in [0, 0.05) is 13.0 Å². The minimum absolute atomic E-state index is 0.106. The zero-order valence-corrected chi connectivity index (χ0v) is 11.2. The number of thiol groups is 1. The normalized spacial score (nSPS) is 20.6. The Kier molecular flexibility index (Phi) is 5.46. The molecule has 1 fully saturated rings. The highest BCUT2D eigenvalue weighted by Crippen LogP contribution is 2.18. The van der Waals surface area contributed by atoms with Crippen molar-refractivity contribution < 1.29 is 19.5 Å². The molecule has 2 amide bonds. The van der Waals surface area contributed by atoms with Crippen molar-refractivity contribution in [2.75, 3.05) is 12.3 Å². The van der Waals surface area contributed by atoms with Crippen LogP contribution < -0.4 is 5.32 Å². The van der Waals surface area contributed by atoms with Crippen LogP contribution in [0.25, 0.3) is 0 Å². The molecule has 0 spiro atoms. The van der Waals surface area contributed by atoms with Crippen LogP contribution in [0.2, 0.25) is 0 Å². The summed E-state index contributed by atoms with van der Waals surface area (Å²) in [6.45, 7) is 1.95. The van der Waals surface area contributed by atoms with Crippen LogP contribution in [0, 0.1) is 0 Å². The van der Waals surface area contributed by atoms with Crippen molar-refractivity contribution in [2.24, 2.45) is 0 Å². The lowest BCUT2D eigenvalue weighted by molar-refractivity contribution is -0.143. The van der Waals surface area contributed by atoms with E-state index in [1.165, 1.54) is 11.8 Å². The summed E-state index contributed by atoms with van der Waals surface area (Å²) in [6.07, 6.45) is 1.63. The maximum Gasteiger partial charge on any atom is 0.325 e. The quantitative estimate of drug-likeness (QED) is 0.610. The van der Waals surface area contributed by atoms with Gasteiger partial charge in [0.15, 0.2) is 0 Å². The molecule has 0 aromatic rings. The minimum atomic E-state index is -1.09. The molecule has 1 aliphatic rings. The fraction of sp³-hybridized carbons (Fsp3) is 0.727. The second kappa shape index (κ2) is 6.63. The summed E-state index contributed by atoms with van der Waals surface area (Å²) in [7, 11) is 0. The average Bonchev–Trinajstić information content (AvgIpc) is 2.77. The standard InChI is InChI=1S/C11H18N2O4S/c1-7(11(16)17)12-10(15)8-3-2-5-13(8)9(14)4-6-18/h7-8,18H,2-6H2,1H3,(H,12,15)(H,16,17)/t7-,8-/m0/s1. The monoisotopic (exact) mass is 274 g/mol. The molecule has 0 saturated carbocycles. The number of amides is 2. The zero-order valence-electron chi connectivity index (χ0n) is 10.3. The van der Waals surface area contributed by atoms with Gasteiger partial charge in [-0.05, 0) is 25.5 Å². The van der Waals surface area contributed by atoms with Crippen molar-refractivity contribution in [1.29, 1.82) is 0 Å². The summed E-state index contributed by atoms with van der Waals surface area (Å²) < 4.78 is 0. The minimum Gasteiger partial charge on any atom is -0.480 e. The molecule has 1 heterocycles. The third kappa shape index (κ3) is 3.63. The van der Waals surface area contributed by atoms with E-state index in [0.29, 0.717) is 25.1 Å². The van der Waals surface area contributed by atoms with E-state index in [1.54, 1.807) is 0 Å². The Morgan fingerprint density at radius 2 is 2.17 bits per heavy atom. The average molecular weight is 274 g/mol. The highest BCUT2D eigenvalue weighted by molar-refractivity contribution is 7.80. The van der Waals surface area contributed by atoms with E-state index in [-0.39, 0.29) is 5.91 Å². The molecule has 0 aromatic heterocycles. The van der Waals surface area contributed by atoms with E-state index >= 15 is 0 Å². The van der Waals surface area contributed by atoms with Crippen LogP contribution in [0.1, 0.15) is 26.2 Å². The molecule has 1 saturated heterocycles. The molecule has 0 unspecified atom stereocenters. The van der Waals surface area contributed by atoms with Gasteiger partial charge < -0.3 is 15.3 Å². The predicted molar refractivity (Wildman–Crippen MR) is 68.4 cm³/mol. The van der Waals surface area contributed by atoms with Crippen molar-refractivity contribution in [3.05, 3.63) is 0 Å². The number of hydrogen-bond donors (Lipinski definition) is 3. The van der Waals surface area contributed by atoms with Crippen molar-refractivity contribution in [3.8, 4) is 0 Å².